The second kappa shape index (κ2) is 8.28. The fourth-order valence-corrected chi connectivity index (χ4v) is 5.04. The third kappa shape index (κ3) is 4.13. The maximum atomic E-state index is 12.9. The standard InChI is InChI=1S/C23H24N4O3S/c1-15-2-5-18(6-3-15)27-14-16(12-21(27)28)22(29)24-17-4-7-19-20(13-17)31-23(25-19)26-8-10-30-11-9-26/h2-7,13,16H,8-12,14H2,1H3,(H,24,29)/t16-/m1/s1. The first-order chi connectivity index (χ1) is 15.1. The summed E-state index contributed by atoms with van der Waals surface area (Å²) in [6.07, 6.45) is 0.226. The molecule has 0 bridgehead atoms. The monoisotopic (exact) mass is 436 g/mol. The van der Waals surface area contributed by atoms with Crippen molar-refractivity contribution in [3.63, 3.8) is 0 Å². The summed E-state index contributed by atoms with van der Waals surface area (Å²) in [6, 6.07) is 13.6. The fourth-order valence-electron chi connectivity index (χ4n) is 3.98. The summed E-state index contributed by atoms with van der Waals surface area (Å²) in [5, 5.41) is 3.98. The third-order valence-corrected chi connectivity index (χ3v) is 6.85. The fraction of sp³-hybridized carbons (Fsp3) is 0.348. The number of thiazole rings is 1. The Labute approximate surface area is 184 Å². The lowest BCUT2D eigenvalue weighted by molar-refractivity contribution is -0.122. The highest BCUT2D eigenvalue weighted by Gasteiger charge is 2.35. The summed E-state index contributed by atoms with van der Waals surface area (Å²) >= 11 is 1.62. The van der Waals surface area contributed by atoms with Crippen LogP contribution in [0.25, 0.3) is 10.2 Å². The summed E-state index contributed by atoms with van der Waals surface area (Å²) in [7, 11) is 0. The van der Waals surface area contributed by atoms with Crippen LogP contribution in [0.3, 0.4) is 0 Å². The number of carbonyl (C=O) groups is 2. The number of nitrogens with zero attached hydrogens (tertiary/aromatic N) is 3. The van der Waals surface area contributed by atoms with Gasteiger partial charge in [0.05, 0.1) is 29.3 Å². The van der Waals surface area contributed by atoms with Crippen molar-refractivity contribution in [2.24, 2.45) is 5.92 Å². The number of carbonyl (C=O) groups excluding carboxylic acids is 2. The zero-order chi connectivity index (χ0) is 21.4. The molecule has 2 amide bonds. The third-order valence-electron chi connectivity index (χ3n) is 5.77. The van der Waals surface area contributed by atoms with E-state index in [1.807, 2.05) is 49.4 Å². The molecule has 2 aliphatic rings. The molecule has 1 N–H and O–H groups in total. The van der Waals surface area contributed by atoms with Gasteiger partial charge in [-0.25, -0.2) is 4.98 Å². The molecule has 1 atom stereocenters. The minimum atomic E-state index is -0.366. The van der Waals surface area contributed by atoms with Gasteiger partial charge in [-0.05, 0) is 37.3 Å². The van der Waals surface area contributed by atoms with Crippen LogP contribution in [0.5, 0.6) is 0 Å². The topological polar surface area (TPSA) is 74.8 Å². The van der Waals surface area contributed by atoms with Crippen LogP contribution in [0.15, 0.2) is 42.5 Å². The van der Waals surface area contributed by atoms with Crippen molar-refractivity contribution in [1.29, 1.82) is 0 Å². The van der Waals surface area contributed by atoms with Gasteiger partial charge in [0.15, 0.2) is 5.13 Å². The average molecular weight is 437 g/mol. The largest absolute Gasteiger partial charge is 0.378 e. The van der Waals surface area contributed by atoms with E-state index >= 15 is 0 Å². The van der Waals surface area contributed by atoms with Gasteiger partial charge in [0.1, 0.15) is 0 Å². The van der Waals surface area contributed by atoms with Crippen LogP contribution in [-0.4, -0.2) is 49.6 Å². The Balaban J connectivity index is 1.27. The van der Waals surface area contributed by atoms with Crippen LogP contribution < -0.4 is 15.1 Å². The number of rotatable bonds is 4. The van der Waals surface area contributed by atoms with Gasteiger partial charge in [-0.2, -0.15) is 0 Å². The molecule has 0 unspecified atom stereocenters. The zero-order valence-corrected chi connectivity index (χ0v) is 18.2. The molecule has 0 saturated carbocycles. The number of fused-ring (bicyclic) bond motifs is 1. The molecule has 31 heavy (non-hydrogen) atoms. The molecule has 3 aromatic rings. The van der Waals surface area contributed by atoms with Crippen LogP contribution in [-0.2, 0) is 14.3 Å². The normalized spacial score (nSPS) is 19.3. The van der Waals surface area contributed by atoms with Crippen molar-refractivity contribution in [2.75, 3.05) is 48.0 Å². The quantitative estimate of drug-likeness (QED) is 0.678. The number of hydrogen-bond acceptors (Lipinski definition) is 6. The predicted octanol–water partition coefficient (Wildman–Crippen LogP) is 3.43. The van der Waals surface area contributed by atoms with Crippen LogP contribution in [0.2, 0.25) is 0 Å². The van der Waals surface area contributed by atoms with Gasteiger partial charge >= 0.3 is 0 Å². The van der Waals surface area contributed by atoms with Gasteiger partial charge < -0.3 is 19.9 Å². The Morgan fingerprint density at radius 1 is 1.16 bits per heavy atom. The summed E-state index contributed by atoms with van der Waals surface area (Å²) in [6.45, 7) is 5.54. The Bertz CT molecular complexity index is 1120. The first-order valence-electron chi connectivity index (χ1n) is 10.5. The molecule has 7 nitrogen and oxygen atoms in total. The molecule has 3 heterocycles. The van der Waals surface area contributed by atoms with Crippen molar-refractivity contribution in [1.82, 2.24) is 4.98 Å². The van der Waals surface area contributed by atoms with Gasteiger partial charge in [-0.3, -0.25) is 9.59 Å². The maximum absolute atomic E-state index is 12.9. The number of ether oxygens (including phenoxy) is 1. The Hall–Kier alpha value is -2.97. The van der Waals surface area contributed by atoms with Crippen molar-refractivity contribution >= 4 is 49.9 Å². The van der Waals surface area contributed by atoms with Gasteiger partial charge in [0.2, 0.25) is 11.8 Å². The lowest BCUT2D eigenvalue weighted by Crippen LogP contribution is -2.36. The van der Waals surface area contributed by atoms with Gasteiger partial charge in [0, 0.05) is 37.4 Å². The molecule has 2 aromatic carbocycles. The molecule has 0 spiro atoms. The predicted molar refractivity (Wildman–Crippen MR) is 123 cm³/mol. The molecule has 2 aliphatic heterocycles. The van der Waals surface area contributed by atoms with E-state index in [9.17, 15) is 9.59 Å². The van der Waals surface area contributed by atoms with Crippen molar-refractivity contribution in [3.05, 3.63) is 48.0 Å². The number of amides is 2. The number of morpholine rings is 1. The number of nitrogens with one attached hydrogen (secondary N) is 1. The van der Waals surface area contributed by atoms with Crippen molar-refractivity contribution in [2.45, 2.75) is 13.3 Å². The minimum absolute atomic E-state index is 0.0166. The first kappa shape index (κ1) is 20.0. The van der Waals surface area contributed by atoms with E-state index in [2.05, 4.69) is 10.2 Å². The second-order valence-electron chi connectivity index (χ2n) is 8.01. The first-order valence-corrected chi connectivity index (χ1v) is 11.3. The number of aromatic nitrogens is 1. The Kier molecular flexibility index (Phi) is 5.33. The van der Waals surface area contributed by atoms with Crippen LogP contribution in [0, 0.1) is 12.8 Å². The van der Waals surface area contributed by atoms with Gasteiger partial charge in [0.25, 0.3) is 0 Å². The van der Waals surface area contributed by atoms with E-state index in [0.29, 0.717) is 6.54 Å². The van der Waals surface area contributed by atoms with E-state index in [1.54, 1.807) is 16.2 Å². The molecule has 0 aliphatic carbocycles. The molecular formula is C23H24N4O3S. The number of benzene rings is 2. The van der Waals surface area contributed by atoms with E-state index in [1.165, 1.54) is 0 Å². The Morgan fingerprint density at radius 2 is 1.94 bits per heavy atom. The number of anilines is 3. The van der Waals surface area contributed by atoms with Gasteiger partial charge in [-0.1, -0.05) is 29.0 Å². The van der Waals surface area contributed by atoms with Crippen molar-refractivity contribution in [3.8, 4) is 0 Å². The second-order valence-corrected chi connectivity index (χ2v) is 9.02. The molecule has 2 saturated heterocycles. The van der Waals surface area contributed by atoms with Gasteiger partial charge in [-0.15, -0.1) is 0 Å². The summed E-state index contributed by atoms with van der Waals surface area (Å²) in [4.78, 5) is 34.0. The highest BCUT2D eigenvalue weighted by Crippen LogP contribution is 2.32. The molecule has 0 radical (unpaired) electrons. The summed E-state index contributed by atoms with van der Waals surface area (Å²) < 4.78 is 6.45. The van der Waals surface area contributed by atoms with E-state index < -0.39 is 0 Å². The summed E-state index contributed by atoms with van der Waals surface area (Å²) in [5.41, 5.74) is 3.63. The lowest BCUT2D eigenvalue weighted by atomic mass is 10.1. The number of hydrogen-bond donors (Lipinski definition) is 1. The summed E-state index contributed by atoms with van der Waals surface area (Å²) in [5.74, 6) is -0.507. The van der Waals surface area contributed by atoms with E-state index in [4.69, 9.17) is 9.72 Å². The minimum Gasteiger partial charge on any atom is -0.378 e. The van der Waals surface area contributed by atoms with Crippen LogP contribution in [0.1, 0.15) is 12.0 Å². The molecule has 1 aromatic heterocycles. The number of aryl methyl sites for hydroxylation is 1. The Morgan fingerprint density at radius 3 is 2.71 bits per heavy atom. The molecular weight excluding hydrogens is 412 g/mol. The smallest absolute Gasteiger partial charge is 0.229 e. The van der Waals surface area contributed by atoms with Crippen molar-refractivity contribution < 1.29 is 14.3 Å². The molecule has 5 rings (SSSR count). The van der Waals surface area contributed by atoms with E-state index in [0.717, 1.165) is 58.6 Å². The van der Waals surface area contributed by atoms with Crippen LogP contribution >= 0.6 is 11.3 Å². The maximum Gasteiger partial charge on any atom is 0.229 e. The SMILES string of the molecule is Cc1ccc(N2C[C@H](C(=O)Nc3ccc4nc(N5CCOCC5)sc4c3)CC2=O)cc1. The lowest BCUT2D eigenvalue weighted by Gasteiger charge is -2.25. The van der Waals surface area contributed by atoms with Crippen LogP contribution in [0.4, 0.5) is 16.5 Å². The zero-order valence-electron chi connectivity index (χ0n) is 17.3. The molecule has 8 heteroatoms. The molecule has 2 fully saturated rings. The highest BCUT2D eigenvalue weighted by molar-refractivity contribution is 7.22. The molecule has 160 valence electrons. The average Bonchev–Trinajstić information content (AvgIpc) is 3.38. The van der Waals surface area contributed by atoms with E-state index in [-0.39, 0.29) is 24.2 Å². The highest BCUT2D eigenvalue weighted by atomic mass is 32.1.